The summed E-state index contributed by atoms with van der Waals surface area (Å²) in [5.74, 6) is 0.00971. The van der Waals surface area contributed by atoms with Gasteiger partial charge in [0.2, 0.25) is 0 Å². The molecule has 4 rings (SSSR count). The summed E-state index contributed by atoms with van der Waals surface area (Å²) < 4.78 is 0. The zero-order chi connectivity index (χ0) is 22.3. The SMILES string of the molecule is CN(Cc1cccnc1)C(=O)c1ccc(C[C@@H]2CC[C@H](Cc3ccc(C#N)nc3)N2)cc1. The van der Waals surface area contributed by atoms with E-state index in [0.29, 0.717) is 29.9 Å². The lowest BCUT2D eigenvalue weighted by molar-refractivity contribution is 0.0785. The van der Waals surface area contributed by atoms with Crippen LogP contribution < -0.4 is 5.32 Å². The minimum Gasteiger partial charge on any atom is -0.337 e. The molecule has 0 bridgehead atoms. The van der Waals surface area contributed by atoms with Crippen molar-refractivity contribution in [3.8, 4) is 6.07 Å². The van der Waals surface area contributed by atoms with Crippen LogP contribution in [0.5, 0.6) is 0 Å². The summed E-state index contributed by atoms with van der Waals surface area (Å²) in [5.41, 5.74) is 4.55. The molecule has 3 aromatic rings. The number of pyridine rings is 2. The van der Waals surface area contributed by atoms with Crippen LogP contribution >= 0.6 is 0 Å². The van der Waals surface area contributed by atoms with Crippen molar-refractivity contribution >= 4 is 5.91 Å². The number of nitrogens with zero attached hydrogens (tertiary/aromatic N) is 4. The van der Waals surface area contributed by atoms with Crippen LogP contribution in [0.3, 0.4) is 0 Å². The highest BCUT2D eigenvalue weighted by atomic mass is 16.2. The number of carbonyl (C=O) groups is 1. The fourth-order valence-corrected chi connectivity index (χ4v) is 4.25. The molecule has 1 saturated heterocycles. The van der Waals surface area contributed by atoms with Crippen LogP contribution in [-0.2, 0) is 19.4 Å². The predicted octanol–water partition coefficient (Wildman–Crippen LogP) is 3.53. The van der Waals surface area contributed by atoms with E-state index in [2.05, 4.69) is 33.5 Å². The average Bonchev–Trinajstić information content (AvgIpc) is 3.27. The predicted molar refractivity (Wildman–Crippen MR) is 123 cm³/mol. The van der Waals surface area contributed by atoms with Gasteiger partial charge in [-0.25, -0.2) is 4.98 Å². The van der Waals surface area contributed by atoms with Gasteiger partial charge in [-0.1, -0.05) is 24.3 Å². The quantitative estimate of drug-likeness (QED) is 0.626. The number of rotatable bonds is 7. The molecule has 32 heavy (non-hydrogen) atoms. The maximum absolute atomic E-state index is 12.7. The maximum Gasteiger partial charge on any atom is 0.253 e. The number of hydrogen-bond acceptors (Lipinski definition) is 5. The smallest absolute Gasteiger partial charge is 0.253 e. The molecule has 1 fully saturated rings. The Morgan fingerprint density at radius 2 is 1.75 bits per heavy atom. The Labute approximate surface area is 188 Å². The third-order valence-corrected chi connectivity index (χ3v) is 5.93. The van der Waals surface area contributed by atoms with Gasteiger partial charge >= 0.3 is 0 Å². The number of benzene rings is 1. The van der Waals surface area contributed by atoms with Crippen molar-refractivity contribution in [2.45, 2.75) is 44.3 Å². The molecule has 3 heterocycles. The maximum atomic E-state index is 12.7. The molecule has 1 aliphatic rings. The van der Waals surface area contributed by atoms with E-state index in [-0.39, 0.29) is 5.91 Å². The third-order valence-electron chi connectivity index (χ3n) is 5.93. The Hall–Kier alpha value is -3.56. The topological polar surface area (TPSA) is 81.9 Å². The Morgan fingerprint density at radius 1 is 1.03 bits per heavy atom. The summed E-state index contributed by atoms with van der Waals surface area (Å²) >= 11 is 0. The zero-order valence-electron chi connectivity index (χ0n) is 18.2. The fraction of sp³-hybridized carbons (Fsp3) is 0.308. The van der Waals surface area contributed by atoms with E-state index < -0.39 is 0 Å². The minimum absolute atomic E-state index is 0.00971. The van der Waals surface area contributed by atoms with Crippen LogP contribution in [0.15, 0.2) is 67.1 Å². The Bertz CT molecular complexity index is 1070. The largest absolute Gasteiger partial charge is 0.337 e. The highest BCUT2D eigenvalue weighted by molar-refractivity contribution is 5.94. The van der Waals surface area contributed by atoms with E-state index in [0.717, 1.165) is 36.8 Å². The second-order valence-corrected chi connectivity index (χ2v) is 8.43. The Morgan fingerprint density at radius 3 is 2.38 bits per heavy atom. The van der Waals surface area contributed by atoms with Crippen molar-refractivity contribution in [3.05, 3.63) is 95.1 Å². The lowest BCUT2D eigenvalue weighted by Crippen LogP contribution is -2.32. The second-order valence-electron chi connectivity index (χ2n) is 8.43. The van der Waals surface area contributed by atoms with Crippen LogP contribution in [0.2, 0.25) is 0 Å². The summed E-state index contributed by atoms with van der Waals surface area (Å²) in [6.07, 6.45) is 9.44. The molecular weight excluding hydrogens is 398 g/mol. The number of nitrogens with one attached hydrogen (secondary N) is 1. The molecule has 162 valence electrons. The number of amides is 1. The molecule has 0 unspecified atom stereocenters. The second kappa shape index (κ2) is 10.2. The molecule has 2 aromatic heterocycles. The van der Waals surface area contributed by atoms with Crippen molar-refractivity contribution in [1.29, 1.82) is 5.26 Å². The first kappa shape index (κ1) is 21.7. The van der Waals surface area contributed by atoms with Gasteiger partial charge in [0.15, 0.2) is 0 Å². The normalized spacial score (nSPS) is 17.6. The van der Waals surface area contributed by atoms with Crippen LogP contribution in [0, 0.1) is 11.3 Å². The van der Waals surface area contributed by atoms with E-state index in [1.807, 2.05) is 37.4 Å². The molecule has 0 aliphatic carbocycles. The van der Waals surface area contributed by atoms with E-state index in [4.69, 9.17) is 5.26 Å². The van der Waals surface area contributed by atoms with Crippen molar-refractivity contribution in [1.82, 2.24) is 20.2 Å². The molecule has 2 atom stereocenters. The van der Waals surface area contributed by atoms with E-state index in [9.17, 15) is 4.79 Å². The summed E-state index contributed by atoms with van der Waals surface area (Å²) in [7, 11) is 1.81. The highest BCUT2D eigenvalue weighted by Gasteiger charge is 2.24. The van der Waals surface area contributed by atoms with Crippen molar-refractivity contribution in [3.63, 3.8) is 0 Å². The van der Waals surface area contributed by atoms with Gasteiger partial charge in [0.25, 0.3) is 5.91 Å². The van der Waals surface area contributed by atoms with Gasteiger partial charge in [-0.2, -0.15) is 5.26 Å². The highest BCUT2D eigenvalue weighted by Crippen LogP contribution is 2.20. The summed E-state index contributed by atoms with van der Waals surface area (Å²) in [4.78, 5) is 22.7. The van der Waals surface area contributed by atoms with E-state index in [1.165, 1.54) is 5.56 Å². The molecule has 1 aromatic carbocycles. The first-order chi connectivity index (χ1) is 15.6. The lowest BCUT2D eigenvalue weighted by atomic mass is 10.0. The molecule has 1 amide bonds. The first-order valence-electron chi connectivity index (χ1n) is 10.9. The number of aromatic nitrogens is 2. The van der Waals surface area contributed by atoms with Gasteiger partial charge < -0.3 is 10.2 Å². The van der Waals surface area contributed by atoms with Crippen LogP contribution in [0.1, 0.15) is 45.6 Å². The monoisotopic (exact) mass is 425 g/mol. The van der Waals surface area contributed by atoms with Crippen LogP contribution in [-0.4, -0.2) is 39.9 Å². The molecule has 6 nitrogen and oxygen atoms in total. The van der Waals surface area contributed by atoms with Crippen molar-refractivity contribution in [2.24, 2.45) is 0 Å². The molecule has 6 heteroatoms. The Balaban J connectivity index is 1.28. The van der Waals surface area contributed by atoms with Gasteiger partial charge in [0.1, 0.15) is 11.8 Å². The zero-order valence-corrected chi connectivity index (χ0v) is 18.2. The molecule has 0 spiro atoms. The van der Waals surface area contributed by atoms with E-state index >= 15 is 0 Å². The summed E-state index contributed by atoms with van der Waals surface area (Å²) in [6.45, 7) is 0.538. The average molecular weight is 426 g/mol. The molecule has 0 radical (unpaired) electrons. The van der Waals surface area contributed by atoms with Crippen LogP contribution in [0.25, 0.3) is 0 Å². The van der Waals surface area contributed by atoms with Crippen molar-refractivity contribution < 1.29 is 4.79 Å². The fourth-order valence-electron chi connectivity index (χ4n) is 4.25. The van der Waals surface area contributed by atoms with Gasteiger partial charge in [-0.3, -0.25) is 9.78 Å². The van der Waals surface area contributed by atoms with Gasteiger partial charge in [0.05, 0.1) is 0 Å². The first-order valence-corrected chi connectivity index (χ1v) is 10.9. The number of hydrogen-bond donors (Lipinski definition) is 1. The van der Waals surface area contributed by atoms with Gasteiger partial charge in [-0.05, 0) is 66.6 Å². The van der Waals surface area contributed by atoms with Gasteiger partial charge in [-0.15, -0.1) is 0 Å². The standard InChI is InChI=1S/C26H27N5O/c1-31(18-21-3-2-12-28-16-21)26(32)22-7-4-19(5-8-22)13-23-10-11-24(30-23)14-20-6-9-25(15-27)29-17-20/h2-9,12,16-17,23-24,30H,10-11,13-14,18H2,1H3/t23-,24+/m0/s1. The molecule has 1 aliphatic heterocycles. The van der Waals surface area contributed by atoms with Crippen LogP contribution in [0.4, 0.5) is 0 Å². The lowest BCUT2D eigenvalue weighted by Gasteiger charge is -2.18. The molecule has 0 saturated carbocycles. The third kappa shape index (κ3) is 5.57. The summed E-state index contributed by atoms with van der Waals surface area (Å²) in [5, 5.41) is 12.6. The molecule has 1 N–H and O–H groups in total. The summed E-state index contributed by atoms with van der Waals surface area (Å²) in [6, 6.07) is 18.5. The van der Waals surface area contributed by atoms with Crippen molar-refractivity contribution in [2.75, 3.05) is 7.05 Å². The van der Waals surface area contributed by atoms with Gasteiger partial charge in [0, 0.05) is 49.8 Å². The number of carbonyl (C=O) groups excluding carboxylic acids is 1. The van der Waals surface area contributed by atoms with E-state index in [1.54, 1.807) is 29.6 Å². The minimum atomic E-state index is 0.00971. The number of nitriles is 1. The molecular formula is C26H27N5O. The Kier molecular flexibility index (Phi) is 6.88.